The van der Waals surface area contributed by atoms with Crippen LogP contribution in [0.2, 0.25) is 5.02 Å². The van der Waals surface area contributed by atoms with Gasteiger partial charge in [-0.25, -0.2) is 0 Å². The maximum atomic E-state index is 6.25. The molecule has 1 aromatic carbocycles. The molecular formula is C22H30ClN5. The van der Waals surface area contributed by atoms with Gasteiger partial charge in [0.2, 0.25) is 0 Å². The van der Waals surface area contributed by atoms with Crippen molar-refractivity contribution >= 4 is 17.6 Å². The first-order valence-electron chi connectivity index (χ1n) is 10.2. The van der Waals surface area contributed by atoms with Gasteiger partial charge in [-0.15, -0.1) is 0 Å². The van der Waals surface area contributed by atoms with E-state index in [-0.39, 0.29) is 6.04 Å². The fourth-order valence-electron chi connectivity index (χ4n) is 3.57. The number of aromatic nitrogens is 1. The molecule has 0 amide bonds. The zero-order valence-electron chi connectivity index (χ0n) is 16.6. The summed E-state index contributed by atoms with van der Waals surface area (Å²) in [7, 11) is 0. The van der Waals surface area contributed by atoms with E-state index in [4.69, 9.17) is 16.6 Å². The van der Waals surface area contributed by atoms with E-state index in [0.717, 1.165) is 49.3 Å². The minimum absolute atomic E-state index is 0.257. The Bertz CT molecular complexity index is 744. The maximum absolute atomic E-state index is 6.25. The number of aliphatic imine (C=N–C) groups is 1. The highest BCUT2D eigenvalue weighted by Crippen LogP contribution is 2.27. The molecule has 1 unspecified atom stereocenters. The van der Waals surface area contributed by atoms with E-state index in [1.54, 1.807) is 0 Å². The predicted molar refractivity (Wildman–Crippen MR) is 117 cm³/mol. The number of hydrogen-bond donors (Lipinski definition) is 2. The van der Waals surface area contributed by atoms with Crippen molar-refractivity contribution in [1.29, 1.82) is 0 Å². The van der Waals surface area contributed by atoms with Crippen molar-refractivity contribution in [1.82, 2.24) is 20.5 Å². The number of guanidine groups is 1. The second-order valence-electron chi connectivity index (χ2n) is 7.03. The SMILES string of the molecule is CCNC(=NCC(c1cccc(Cl)c1)N1CCCC1)NCCc1ccccn1. The molecule has 0 saturated carbocycles. The van der Waals surface area contributed by atoms with Crippen LogP contribution in [0.5, 0.6) is 0 Å². The molecule has 3 rings (SSSR count). The van der Waals surface area contributed by atoms with Gasteiger partial charge in [0.15, 0.2) is 5.96 Å². The fourth-order valence-corrected chi connectivity index (χ4v) is 3.77. The van der Waals surface area contributed by atoms with E-state index >= 15 is 0 Å². The minimum atomic E-state index is 0.257. The third-order valence-electron chi connectivity index (χ3n) is 4.98. The van der Waals surface area contributed by atoms with Crippen LogP contribution >= 0.6 is 11.6 Å². The molecule has 1 fully saturated rings. The molecule has 150 valence electrons. The number of nitrogens with one attached hydrogen (secondary N) is 2. The van der Waals surface area contributed by atoms with Crippen molar-refractivity contribution in [2.75, 3.05) is 32.7 Å². The van der Waals surface area contributed by atoms with Gasteiger partial charge in [0.25, 0.3) is 0 Å². The van der Waals surface area contributed by atoms with E-state index in [0.29, 0.717) is 6.54 Å². The van der Waals surface area contributed by atoms with Gasteiger partial charge in [0, 0.05) is 36.4 Å². The van der Waals surface area contributed by atoms with Gasteiger partial charge in [-0.3, -0.25) is 14.9 Å². The van der Waals surface area contributed by atoms with Crippen LogP contribution in [0.4, 0.5) is 0 Å². The summed E-state index contributed by atoms with van der Waals surface area (Å²) in [5, 5.41) is 7.57. The Hall–Kier alpha value is -2.11. The minimum Gasteiger partial charge on any atom is -0.357 e. The summed E-state index contributed by atoms with van der Waals surface area (Å²) < 4.78 is 0. The molecule has 1 aromatic heterocycles. The highest BCUT2D eigenvalue weighted by atomic mass is 35.5. The monoisotopic (exact) mass is 399 g/mol. The van der Waals surface area contributed by atoms with Gasteiger partial charge in [-0.05, 0) is 62.7 Å². The van der Waals surface area contributed by atoms with Crippen molar-refractivity contribution in [2.45, 2.75) is 32.2 Å². The molecule has 1 aliphatic heterocycles. The van der Waals surface area contributed by atoms with Crippen LogP contribution in [0.1, 0.15) is 37.1 Å². The number of benzene rings is 1. The zero-order chi connectivity index (χ0) is 19.6. The lowest BCUT2D eigenvalue weighted by molar-refractivity contribution is 0.251. The Labute approximate surface area is 173 Å². The molecule has 5 nitrogen and oxygen atoms in total. The number of likely N-dealkylation sites (tertiary alicyclic amines) is 1. The summed E-state index contributed by atoms with van der Waals surface area (Å²) >= 11 is 6.25. The summed E-state index contributed by atoms with van der Waals surface area (Å²) in [4.78, 5) is 11.8. The Morgan fingerprint density at radius 1 is 1.18 bits per heavy atom. The molecular weight excluding hydrogens is 370 g/mol. The fraction of sp³-hybridized carbons (Fsp3) is 0.455. The lowest BCUT2D eigenvalue weighted by atomic mass is 10.1. The van der Waals surface area contributed by atoms with Gasteiger partial charge in [-0.2, -0.15) is 0 Å². The smallest absolute Gasteiger partial charge is 0.191 e. The van der Waals surface area contributed by atoms with E-state index in [2.05, 4.69) is 39.6 Å². The van der Waals surface area contributed by atoms with Crippen molar-refractivity contribution in [3.63, 3.8) is 0 Å². The molecule has 6 heteroatoms. The van der Waals surface area contributed by atoms with E-state index < -0.39 is 0 Å². The average molecular weight is 400 g/mol. The molecule has 2 N–H and O–H groups in total. The van der Waals surface area contributed by atoms with Crippen molar-refractivity contribution in [3.8, 4) is 0 Å². The van der Waals surface area contributed by atoms with Gasteiger partial charge in [0.1, 0.15) is 0 Å². The zero-order valence-corrected chi connectivity index (χ0v) is 17.3. The molecule has 28 heavy (non-hydrogen) atoms. The Morgan fingerprint density at radius 3 is 2.75 bits per heavy atom. The van der Waals surface area contributed by atoms with Crippen LogP contribution in [0.3, 0.4) is 0 Å². The first kappa shape index (κ1) is 20.6. The van der Waals surface area contributed by atoms with E-state index in [1.165, 1.54) is 18.4 Å². The van der Waals surface area contributed by atoms with Crippen LogP contribution < -0.4 is 10.6 Å². The largest absolute Gasteiger partial charge is 0.357 e. The third kappa shape index (κ3) is 6.21. The Balaban J connectivity index is 1.65. The first-order valence-corrected chi connectivity index (χ1v) is 10.6. The summed E-state index contributed by atoms with van der Waals surface area (Å²) in [5.74, 6) is 0.852. The summed E-state index contributed by atoms with van der Waals surface area (Å²) in [6.07, 6.45) is 5.21. The predicted octanol–water partition coefficient (Wildman–Crippen LogP) is 3.67. The van der Waals surface area contributed by atoms with Crippen LogP contribution in [0.15, 0.2) is 53.7 Å². The molecule has 0 spiro atoms. The highest BCUT2D eigenvalue weighted by Gasteiger charge is 2.23. The lowest BCUT2D eigenvalue weighted by Crippen LogP contribution is -2.39. The number of halogens is 1. The number of pyridine rings is 1. The van der Waals surface area contributed by atoms with Gasteiger partial charge >= 0.3 is 0 Å². The molecule has 0 radical (unpaired) electrons. The number of hydrogen-bond acceptors (Lipinski definition) is 3. The molecule has 2 heterocycles. The highest BCUT2D eigenvalue weighted by molar-refractivity contribution is 6.30. The molecule has 2 aromatic rings. The van der Waals surface area contributed by atoms with Crippen LogP contribution in [0.25, 0.3) is 0 Å². The first-order chi connectivity index (χ1) is 13.8. The third-order valence-corrected chi connectivity index (χ3v) is 5.22. The van der Waals surface area contributed by atoms with E-state index in [9.17, 15) is 0 Å². The molecule has 0 aliphatic carbocycles. The topological polar surface area (TPSA) is 52.6 Å². The Kier molecular flexibility index (Phi) is 8.12. The van der Waals surface area contributed by atoms with Crippen molar-refractivity contribution < 1.29 is 0 Å². The normalized spacial score (nSPS) is 16.1. The number of nitrogens with zero attached hydrogens (tertiary/aromatic N) is 3. The molecule has 1 aliphatic rings. The summed E-state index contributed by atoms with van der Waals surface area (Å²) in [6.45, 7) is 6.67. The van der Waals surface area contributed by atoms with Crippen LogP contribution in [-0.4, -0.2) is 48.6 Å². The van der Waals surface area contributed by atoms with Gasteiger partial charge in [0.05, 0.1) is 12.6 Å². The summed E-state index contributed by atoms with van der Waals surface area (Å²) in [6, 6.07) is 14.5. The van der Waals surface area contributed by atoms with Gasteiger partial charge in [-0.1, -0.05) is 29.8 Å². The second kappa shape index (κ2) is 11.0. The van der Waals surface area contributed by atoms with Crippen molar-refractivity contribution in [3.05, 3.63) is 64.9 Å². The van der Waals surface area contributed by atoms with Gasteiger partial charge < -0.3 is 10.6 Å². The van der Waals surface area contributed by atoms with Crippen molar-refractivity contribution in [2.24, 2.45) is 4.99 Å². The lowest BCUT2D eigenvalue weighted by Gasteiger charge is -2.27. The quantitative estimate of drug-likeness (QED) is 0.525. The standard InChI is InChI=1S/C22H30ClN5/c1-2-24-22(26-13-11-20-10-3-4-12-25-20)27-17-21(28-14-5-6-15-28)18-8-7-9-19(23)16-18/h3-4,7-10,12,16,21H,2,5-6,11,13-15,17H2,1H3,(H2,24,26,27). The number of rotatable bonds is 8. The molecule has 0 bridgehead atoms. The molecule has 1 atom stereocenters. The molecule has 1 saturated heterocycles. The average Bonchev–Trinajstić information content (AvgIpc) is 3.23. The maximum Gasteiger partial charge on any atom is 0.191 e. The summed E-state index contributed by atoms with van der Waals surface area (Å²) in [5.41, 5.74) is 2.32. The van der Waals surface area contributed by atoms with E-state index in [1.807, 2.05) is 36.5 Å². The van der Waals surface area contributed by atoms with Crippen LogP contribution in [0, 0.1) is 0 Å². The van der Waals surface area contributed by atoms with Crippen LogP contribution in [-0.2, 0) is 6.42 Å². The Morgan fingerprint density at radius 2 is 2.04 bits per heavy atom. The second-order valence-corrected chi connectivity index (χ2v) is 7.47.